The first-order chi connectivity index (χ1) is 16.8. The van der Waals surface area contributed by atoms with E-state index in [9.17, 15) is 0 Å². The molecule has 0 atom stereocenters. The van der Waals surface area contributed by atoms with Crippen LogP contribution >= 0.6 is 11.6 Å². The van der Waals surface area contributed by atoms with E-state index in [1.54, 1.807) is 0 Å². The molecule has 0 unspecified atom stereocenters. The van der Waals surface area contributed by atoms with Crippen LogP contribution in [-0.4, -0.2) is 0 Å². The zero-order valence-electron chi connectivity index (χ0n) is 18.5. The summed E-state index contributed by atoms with van der Waals surface area (Å²) in [6, 6.07) is 46.6. The van der Waals surface area contributed by atoms with Gasteiger partial charge in [-0.3, -0.25) is 0 Å². The maximum Gasteiger partial charge on any atom is 0.0563 e. The maximum atomic E-state index is 6.83. The van der Waals surface area contributed by atoms with E-state index in [4.69, 9.17) is 11.6 Å². The van der Waals surface area contributed by atoms with E-state index in [1.165, 1.54) is 21.9 Å². The lowest BCUT2D eigenvalue weighted by Crippen LogP contribution is -2.09. The van der Waals surface area contributed by atoms with Crippen molar-refractivity contribution >= 4 is 50.2 Å². The molecule has 0 amide bonds. The standard InChI is InChI=1S/C32H22ClN/c33-32-29-17-9-7-15-27(29)31(28-16-8-10-18-30(28)32)23-19-21-26(22-20-23)34(24-11-3-1-4-12-24)25-13-5-2-6-14-25/h1-22H. The van der Waals surface area contributed by atoms with Crippen LogP contribution < -0.4 is 4.90 Å². The van der Waals surface area contributed by atoms with Crippen LogP contribution in [0.15, 0.2) is 133 Å². The number of hydrogen-bond donors (Lipinski definition) is 0. The molecule has 0 aromatic heterocycles. The molecule has 0 aliphatic carbocycles. The summed E-state index contributed by atoms with van der Waals surface area (Å²) in [5.74, 6) is 0. The minimum absolute atomic E-state index is 0.811. The molecule has 0 bridgehead atoms. The number of benzene rings is 6. The Kier molecular flexibility index (Phi) is 5.25. The Morgan fingerprint density at radius 3 is 1.24 bits per heavy atom. The molecule has 6 aromatic carbocycles. The van der Waals surface area contributed by atoms with E-state index in [0.717, 1.165) is 32.9 Å². The molecule has 0 radical (unpaired) electrons. The Hall–Kier alpha value is -4.07. The van der Waals surface area contributed by atoms with E-state index in [1.807, 2.05) is 24.3 Å². The third-order valence-electron chi connectivity index (χ3n) is 6.31. The number of rotatable bonds is 4. The zero-order valence-corrected chi connectivity index (χ0v) is 19.3. The van der Waals surface area contributed by atoms with Gasteiger partial charge in [-0.05, 0) is 58.3 Å². The summed E-state index contributed by atoms with van der Waals surface area (Å²) in [6.45, 7) is 0. The van der Waals surface area contributed by atoms with Crippen LogP contribution in [0.1, 0.15) is 0 Å². The van der Waals surface area contributed by atoms with Gasteiger partial charge in [0, 0.05) is 27.8 Å². The highest BCUT2D eigenvalue weighted by Gasteiger charge is 2.15. The lowest BCUT2D eigenvalue weighted by molar-refractivity contribution is 1.28. The number of fused-ring (bicyclic) bond motifs is 2. The molecule has 6 rings (SSSR count). The summed E-state index contributed by atoms with van der Waals surface area (Å²) < 4.78 is 0. The summed E-state index contributed by atoms with van der Waals surface area (Å²) in [4.78, 5) is 2.28. The molecule has 0 saturated heterocycles. The minimum atomic E-state index is 0.811. The highest BCUT2D eigenvalue weighted by Crippen LogP contribution is 2.42. The van der Waals surface area contributed by atoms with Crippen molar-refractivity contribution in [2.24, 2.45) is 0 Å². The predicted octanol–water partition coefficient (Wildman–Crippen LogP) is 9.78. The molecule has 2 heteroatoms. The Balaban J connectivity index is 1.54. The summed E-state index contributed by atoms with van der Waals surface area (Å²) in [5, 5.41) is 5.31. The van der Waals surface area contributed by atoms with Crippen LogP contribution in [0, 0.1) is 0 Å². The fourth-order valence-electron chi connectivity index (χ4n) is 4.76. The SMILES string of the molecule is Clc1c2ccccc2c(-c2ccc(N(c3ccccc3)c3ccccc3)cc2)c2ccccc12. The van der Waals surface area contributed by atoms with Gasteiger partial charge in [-0.25, -0.2) is 0 Å². The highest BCUT2D eigenvalue weighted by molar-refractivity contribution is 6.42. The van der Waals surface area contributed by atoms with Crippen molar-refractivity contribution in [3.63, 3.8) is 0 Å². The summed E-state index contributed by atoms with van der Waals surface area (Å²) in [7, 11) is 0. The predicted molar refractivity (Wildman–Crippen MR) is 147 cm³/mol. The Labute approximate surface area is 204 Å². The highest BCUT2D eigenvalue weighted by atomic mass is 35.5. The Bertz CT molecular complexity index is 1490. The molecule has 0 heterocycles. The molecule has 0 fully saturated rings. The van der Waals surface area contributed by atoms with Crippen LogP contribution in [0.25, 0.3) is 32.7 Å². The van der Waals surface area contributed by atoms with Crippen LogP contribution in [0.4, 0.5) is 17.1 Å². The smallest absolute Gasteiger partial charge is 0.0563 e. The molecule has 1 nitrogen and oxygen atoms in total. The lowest BCUT2D eigenvalue weighted by atomic mass is 9.92. The molecule has 162 valence electrons. The fourth-order valence-corrected chi connectivity index (χ4v) is 5.09. The zero-order chi connectivity index (χ0) is 22.9. The second-order valence-electron chi connectivity index (χ2n) is 8.33. The first-order valence-electron chi connectivity index (χ1n) is 11.4. The van der Waals surface area contributed by atoms with Gasteiger partial charge in [-0.1, -0.05) is 109 Å². The van der Waals surface area contributed by atoms with Gasteiger partial charge >= 0.3 is 0 Å². The molecule has 0 saturated carbocycles. The number of hydrogen-bond acceptors (Lipinski definition) is 1. The minimum Gasteiger partial charge on any atom is -0.311 e. The lowest BCUT2D eigenvalue weighted by Gasteiger charge is -2.25. The van der Waals surface area contributed by atoms with E-state index < -0.39 is 0 Å². The van der Waals surface area contributed by atoms with Crippen LogP contribution in [0.2, 0.25) is 5.02 Å². The molecule has 0 spiro atoms. The number of para-hydroxylation sites is 2. The topological polar surface area (TPSA) is 3.24 Å². The molecule has 34 heavy (non-hydrogen) atoms. The molecule has 0 aliphatic heterocycles. The van der Waals surface area contributed by atoms with Gasteiger partial charge in [0.25, 0.3) is 0 Å². The van der Waals surface area contributed by atoms with Crippen molar-refractivity contribution in [1.29, 1.82) is 0 Å². The molecule has 0 aliphatic rings. The van der Waals surface area contributed by atoms with E-state index >= 15 is 0 Å². The van der Waals surface area contributed by atoms with Crippen LogP contribution in [0.5, 0.6) is 0 Å². The van der Waals surface area contributed by atoms with Crippen molar-refractivity contribution in [3.05, 3.63) is 138 Å². The number of anilines is 3. The van der Waals surface area contributed by atoms with Gasteiger partial charge in [-0.2, -0.15) is 0 Å². The fraction of sp³-hybridized carbons (Fsp3) is 0. The molecule has 0 N–H and O–H groups in total. The van der Waals surface area contributed by atoms with E-state index in [0.29, 0.717) is 0 Å². The molecular formula is C32H22ClN. The number of halogens is 1. The quantitative estimate of drug-likeness (QED) is 0.239. The largest absolute Gasteiger partial charge is 0.311 e. The molecular weight excluding hydrogens is 434 g/mol. The number of nitrogens with zero attached hydrogens (tertiary/aromatic N) is 1. The van der Waals surface area contributed by atoms with Gasteiger partial charge < -0.3 is 4.90 Å². The monoisotopic (exact) mass is 455 g/mol. The van der Waals surface area contributed by atoms with Crippen molar-refractivity contribution < 1.29 is 0 Å². The van der Waals surface area contributed by atoms with Crippen molar-refractivity contribution in [2.45, 2.75) is 0 Å². The van der Waals surface area contributed by atoms with E-state index in [-0.39, 0.29) is 0 Å². The van der Waals surface area contributed by atoms with Gasteiger partial charge in [0.05, 0.1) is 5.02 Å². The van der Waals surface area contributed by atoms with E-state index in [2.05, 4.69) is 114 Å². The second-order valence-corrected chi connectivity index (χ2v) is 8.71. The van der Waals surface area contributed by atoms with Crippen LogP contribution in [-0.2, 0) is 0 Å². The Morgan fingerprint density at radius 1 is 0.382 bits per heavy atom. The van der Waals surface area contributed by atoms with Gasteiger partial charge in [0.15, 0.2) is 0 Å². The van der Waals surface area contributed by atoms with Crippen molar-refractivity contribution in [2.75, 3.05) is 4.90 Å². The average molecular weight is 456 g/mol. The maximum absolute atomic E-state index is 6.83. The van der Waals surface area contributed by atoms with Crippen LogP contribution in [0.3, 0.4) is 0 Å². The van der Waals surface area contributed by atoms with Gasteiger partial charge in [0.2, 0.25) is 0 Å². The third kappa shape index (κ3) is 3.51. The summed E-state index contributed by atoms with van der Waals surface area (Å²) in [5.41, 5.74) is 5.76. The summed E-state index contributed by atoms with van der Waals surface area (Å²) >= 11 is 6.83. The summed E-state index contributed by atoms with van der Waals surface area (Å²) in [6.07, 6.45) is 0. The first-order valence-corrected chi connectivity index (χ1v) is 11.8. The second kappa shape index (κ2) is 8.70. The van der Waals surface area contributed by atoms with Crippen molar-refractivity contribution in [1.82, 2.24) is 0 Å². The first kappa shape index (κ1) is 20.5. The normalized spacial score (nSPS) is 11.1. The third-order valence-corrected chi connectivity index (χ3v) is 6.72. The Morgan fingerprint density at radius 2 is 0.765 bits per heavy atom. The van der Waals surface area contributed by atoms with Gasteiger partial charge in [0.1, 0.15) is 0 Å². The average Bonchev–Trinajstić information content (AvgIpc) is 2.91. The molecule has 6 aromatic rings. The van der Waals surface area contributed by atoms with Gasteiger partial charge in [-0.15, -0.1) is 0 Å². The van der Waals surface area contributed by atoms with Crippen molar-refractivity contribution in [3.8, 4) is 11.1 Å².